The van der Waals surface area contributed by atoms with Crippen molar-refractivity contribution in [2.45, 2.75) is 44.0 Å². The van der Waals surface area contributed by atoms with Gasteiger partial charge in [-0.3, -0.25) is 9.69 Å². The van der Waals surface area contributed by atoms with E-state index in [4.69, 9.17) is 9.47 Å². The van der Waals surface area contributed by atoms with E-state index in [0.717, 1.165) is 24.7 Å². The molecule has 1 saturated heterocycles. The van der Waals surface area contributed by atoms with Gasteiger partial charge in [0.2, 0.25) is 0 Å². The average molecular weight is 419 g/mol. The number of hydrogen-bond acceptors (Lipinski definition) is 6. The normalized spacial score (nSPS) is 21.0. The van der Waals surface area contributed by atoms with Gasteiger partial charge in [-0.05, 0) is 51.0 Å². The van der Waals surface area contributed by atoms with Crippen LogP contribution in [-0.4, -0.2) is 50.7 Å². The predicted molar refractivity (Wildman–Crippen MR) is 108 cm³/mol. The van der Waals surface area contributed by atoms with Gasteiger partial charge in [-0.15, -0.1) is 0 Å². The SMILES string of the molecule is CCOC(=O)C(C)(CC1CN(c2ccc(C#CC3CC3)cc2)C(=O)O1)S(C)(=O)=O. The van der Waals surface area contributed by atoms with E-state index in [-0.39, 0.29) is 19.6 Å². The molecule has 8 heteroatoms. The lowest BCUT2D eigenvalue weighted by Crippen LogP contribution is -2.47. The molecule has 156 valence electrons. The summed E-state index contributed by atoms with van der Waals surface area (Å²) in [6, 6.07) is 7.23. The highest BCUT2D eigenvalue weighted by Gasteiger charge is 2.49. The second-order valence-corrected chi connectivity index (χ2v) is 10.1. The van der Waals surface area contributed by atoms with Crippen LogP contribution in [0.1, 0.15) is 38.7 Å². The van der Waals surface area contributed by atoms with Gasteiger partial charge in [0.1, 0.15) is 6.10 Å². The van der Waals surface area contributed by atoms with Gasteiger partial charge in [0.25, 0.3) is 0 Å². The van der Waals surface area contributed by atoms with Crippen LogP contribution < -0.4 is 4.90 Å². The number of sulfone groups is 1. The number of esters is 1. The summed E-state index contributed by atoms with van der Waals surface area (Å²) in [5.74, 6) is 5.97. The largest absolute Gasteiger partial charge is 0.465 e. The van der Waals surface area contributed by atoms with Gasteiger partial charge in [0, 0.05) is 29.8 Å². The van der Waals surface area contributed by atoms with Crippen molar-refractivity contribution >= 4 is 27.6 Å². The van der Waals surface area contributed by atoms with E-state index in [2.05, 4.69) is 11.8 Å². The molecule has 1 amide bonds. The summed E-state index contributed by atoms with van der Waals surface area (Å²) in [6.07, 6.45) is 1.80. The molecule has 1 saturated carbocycles. The Labute approximate surface area is 171 Å². The van der Waals surface area contributed by atoms with Crippen LogP contribution in [0.3, 0.4) is 0 Å². The van der Waals surface area contributed by atoms with Crippen molar-refractivity contribution in [1.82, 2.24) is 0 Å². The van der Waals surface area contributed by atoms with Crippen LogP contribution in [0.4, 0.5) is 10.5 Å². The van der Waals surface area contributed by atoms with Crippen LogP contribution in [0.25, 0.3) is 0 Å². The summed E-state index contributed by atoms with van der Waals surface area (Å²) in [5.41, 5.74) is 1.50. The fourth-order valence-electron chi connectivity index (χ4n) is 3.08. The number of benzene rings is 1. The number of anilines is 1. The Balaban J connectivity index is 1.72. The van der Waals surface area contributed by atoms with Crippen LogP contribution in [0.15, 0.2) is 24.3 Å². The number of carbonyl (C=O) groups excluding carboxylic acids is 2. The maximum Gasteiger partial charge on any atom is 0.414 e. The number of hydrogen-bond donors (Lipinski definition) is 0. The maximum atomic E-state index is 12.3. The Kier molecular flexibility index (Phi) is 5.90. The average Bonchev–Trinajstić information content (AvgIpc) is 3.42. The Morgan fingerprint density at radius 1 is 1.31 bits per heavy atom. The molecule has 1 heterocycles. The highest BCUT2D eigenvalue weighted by atomic mass is 32.2. The topological polar surface area (TPSA) is 90.0 Å². The molecule has 2 atom stereocenters. The zero-order valence-corrected chi connectivity index (χ0v) is 17.6. The molecule has 0 spiro atoms. The third-order valence-electron chi connectivity index (χ3n) is 5.19. The molecule has 2 unspecified atom stereocenters. The van der Waals surface area contributed by atoms with Crippen LogP contribution in [0.2, 0.25) is 0 Å². The van der Waals surface area contributed by atoms with Gasteiger partial charge in [-0.2, -0.15) is 0 Å². The number of carbonyl (C=O) groups is 2. The third kappa shape index (κ3) is 4.73. The molecule has 7 nitrogen and oxygen atoms in total. The lowest BCUT2D eigenvalue weighted by Gasteiger charge is -2.27. The number of amides is 1. The van der Waals surface area contributed by atoms with E-state index in [1.54, 1.807) is 19.1 Å². The van der Waals surface area contributed by atoms with E-state index in [9.17, 15) is 18.0 Å². The minimum atomic E-state index is -3.79. The molecule has 0 aromatic heterocycles. The fraction of sp³-hybridized carbons (Fsp3) is 0.524. The molecule has 0 N–H and O–H groups in total. The Hall–Kier alpha value is -2.53. The summed E-state index contributed by atoms with van der Waals surface area (Å²) in [7, 11) is -3.79. The van der Waals surface area contributed by atoms with Crippen LogP contribution in [0.5, 0.6) is 0 Å². The first-order chi connectivity index (χ1) is 13.6. The van der Waals surface area contributed by atoms with Crippen molar-refractivity contribution in [1.29, 1.82) is 0 Å². The van der Waals surface area contributed by atoms with Crippen LogP contribution in [-0.2, 0) is 24.1 Å². The molecule has 2 aliphatic rings. The second kappa shape index (κ2) is 8.07. The lowest BCUT2D eigenvalue weighted by molar-refractivity contribution is -0.146. The zero-order valence-electron chi connectivity index (χ0n) is 16.8. The van der Waals surface area contributed by atoms with Gasteiger partial charge >= 0.3 is 12.1 Å². The molecule has 2 fully saturated rings. The van der Waals surface area contributed by atoms with Crippen molar-refractivity contribution < 1.29 is 27.5 Å². The van der Waals surface area contributed by atoms with E-state index < -0.39 is 32.8 Å². The van der Waals surface area contributed by atoms with Crippen molar-refractivity contribution in [3.63, 3.8) is 0 Å². The van der Waals surface area contributed by atoms with Gasteiger partial charge in [-0.25, -0.2) is 13.2 Å². The van der Waals surface area contributed by atoms with E-state index in [0.29, 0.717) is 11.6 Å². The quantitative estimate of drug-likeness (QED) is 0.520. The van der Waals surface area contributed by atoms with E-state index in [1.807, 2.05) is 12.1 Å². The van der Waals surface area contributed by atoms with Crippen LogP contribution in [0, 0.1) is 17.8 Å². The van der Waals surface area contributed by atoms with Gasteiger partial charge < -0.3 is 9.47 Å². The highest BCUT2D eigenvalue weighted by Crippen LogP contribution is 2.31. The van der Waals surface area contributed by atoms with Crippen molar-refractivity contribution in [3.05, 3.63) is 29.8 Å². The third-order valence-corrected chi connectivity index (χ3v) is 7.16. The summed E-state index contributed by atoms with van der Waals surface area (Å²) in [4.78, 5) is 26.1. The number of nitrogens with zero attached hydrogens (tertiary/aromatic N) is 1. The predicted octanol–water partition coefficient (Wildman–Crippen LogP) is 2.53. The molecule has 1 aliphatic heterocycles. The minimum Gasteiger partial charge on any atom is -0.465 e. The first-order valence-electron chi connectivity index (χ1n) is 9.60. The first-order valence-corrected chi connectivity index (χ1v) is 11.5. The van der Waals surface area contributed by atoms with Crippen molar-refractivity contribution in [2.75, 3.05) is 24.3 Å². The molecule has 29 heavy (non-hydrogen) atoms. The molecule has 0 bridgehead atoms. The van der Waals surface area contributed by atoms with E-state index in [1.165, 1.54) is 11.8 Å². The monoisotopic (exact) mass is 419 g/mol. The molecular weight excluding hydrogens is 394 g/mol. The maximum absolute atomic E-state index is 12.3. The minimum absolute atomic E-state index is 0.0660. The highest BCUT2D eigenvalue weighted by molar-refractivity contribution is 7.92. The lowest BCUT2D eigenvalue weighted by atomic mass is 10.0. The van der Waals surface area contributed by atoms with Gasteiger partial charge in [0.15, 0.2) is 14.6 Å². The molecule has 1 aromatic rings. The van der Waals surface area contributed by atoms with Crippen LogP contribution >= 0.6 is 0 Å². The van der Waals surface area contributed by atoms with E-state index >= 15 is 0 Å². The Morgan fingerprint density at radius 2 is 1.97 bits per heavy atom. The van der Waals surface area contributed by atoms with Crippen molar-refractivity contribution in [3.8, 4) is 11.8 Å². The zero-order chi connectivity index (χ0) is 21.2. The molecule has 1 aliphatic carbocycles. The molecule has 3 rings (SSSR count). The van der Waals surface area contributed by atoms with Crippen molar-refractivity contribution in [2.24, 2.45) is 5.92 Å². The molecular formula is C21H25NO6S. The first kappa shape index (κ1) is 21.2. The van der Waals surface area contributed by atoms with Gasteiger partial charge in [-0.1, -0.05) is 11.8 Å². The summed E-state index contributed by atoms with van der Waals surface area (Å²) >= 11 is 0. The smallest absolute Gasteiger partial charge is 0.414 e. The number of rotatable bonds is 6. The molecule has 0 radical (unpaired) electrons. The molecule has 1 aromatic carbocycles. The summed E-state index contributed by atoms with van der Waals surface area (Å²) in [5, 5.41) is 0. The Morgan fingerprint density at radius 3 is 2.52 bits per heavy atom. The number of cyclic esters (lactones) is 1. The Bertz CT molecular complexity index is 955. The van der Waals surface area contributed by atoms with Gasteiger partial charge in [0.05, 0.1) is 13.2 Å². The summed E-state index contributed by atoms with van der Waals surface area (Å²) < 4.78 is 33.1. The standard InChI is InChI=1S/C21H25NO6S/c1-4-27-19(23)21(2,29(3,25)26)13-18-14-22(20(24)28-18)17-11-9-16(10-12-17)8-7-15-5-6-15/h9-12,15,18H,4-6,13-14H2,1-3H3. The fourth-order valence-corrected chi connectivity index (χ4v) is 3.93. The summed E-state index contributed by atoms with van der Waals surface area (Å²) in [6.45, 7) is 3.13. The second-order valence-electron chi connectivity index (χ2n) is 7.63. The number of ether oxygens (including phenoxy) is 2.